The molecule has 0 atom stereocenters. The first-order chi connectivity index (χ1) is 10.8. The average molecular weight is 345 g/mol. The van der Waals surface area contributed by atoms with E-state index in [0.29, 0.717) is 11.4 Å². The van der Waals surface area contributed by atoms with Gasteiger partial charge in [-0.25, -0.2) is 4.98 Å². The third kappa shape index (κ3) is 3.52. The van der Waals surface area contributed by atoms with Crippen molar-refractivity contribution in [3.05, 3.63) is 18.0 Å². The van der Waals surface area contributed by atoms with Gasteiger partial charge in [0.05, 0.1) is 16.7 Å². The van der Waals surface area contributed by atoms with Crippen LogP contribution >= 0.6 is 11.8 Å². The largest absolute Gasteiger partial charge is 0.482 e. The van der Waals surface area contributed by atoms with Gasteiger partial charge in [-0.2, -0.15) is 24.9 Å². The van der Waals surface area contributed by atoms with Crippen LogP contribution in [0.4, 0.5) is 18.9 Å². The van der Waals surface area contributed by atoms with Gasteiger partial charge in [0.25, 0.3) is 0 Å². The van der Waals surface area contributed by atoms with Gasteiger partial charge in [0.2, 0.25) is 0 Å². The Labute approximate surface area is 136 Å². The first-order valence-corrected chi connectivity index (χ1v) is 8.54. The molecule has 4 nitrogen and oxygen atoms in total. The molecule has 0 unspecified atom stereocenters. The van der Waals surface area contributed by atoms with Gasteiger partial charge in [-0.05, 0) is 30.4 Å². The predicted molar refractivity (Wildman–Crippen MR) is 86.0 cm³/mol. The second-order valence-corrected chi connectivity index (χ2v) is 6.92. The van der Waals surface area contributed by atoms with Crippen molar-refractivity contribution in [1.29, 1.82) is 0 Å². The lowest BCUT2D eigenvalue weighted by atomic mass is 10.0. The Kier molecular flexibility index (Phi) is 4.35. The number of nitrogens with zero attached hydrogens (tertiary/aromatic N) is 2. The molecule has 23 heavy (non-hydrogen) atoms. The molecule has 2 N–H and O–H groups in total. The number of anilines is 1. The van der Waals surface area contributed by atoms with Crippen LogP contribution in [0.15, 0.2) is 12.1 Å². The first kappa shape index (κ1) is 16.3. The molecule has 1 aliphatic heterocycles. The molecule has 0 radical (unpaired) electrons. The Balaban J connectivity index is 1.93. The number of ether oxygens (including phenoxy) is 1. The fourth-order valence-electron chi connectivity index (χ4n) is 2.86. The molecule has 0 saturated carbocycles. The maximum absolute atomic E-state index is 12.3. The number of nitrogen functional groups attached to an aromatic ring is 1. The molecule has 1 saturated heterocycles. The zero-order valence-electron chi connectivity index (χ0n) is 12.7. The minimum atomic E-state index is -4.39. The number of hydrogen-bond acceptors (Lipinski definition) is 4. The lowest BCUT2D eigenvalue weighted by Crippen LogP contribution is -2.19. The molecule has 1 fully saturated rings. The summed E-state index contributed by atoms with van der Waals surface area (Å²) in [6, 6.07) is 3.13. The van der Waals surface area contributed by atoms with Crippen molar-refractivity contribution in [2.45, 2.75) is 24.9 Å². The molecule has 1 aromatic heterocycles. The molecular weight excluding hydrogens is 327 g/mol. The summed E-state index contributed by atoms with van der Waals surface area (Å²) < 4.78 is 43.7. The SMILES string of the molecule is Cn1c(C2CCSCC2)nc2cc(OCC(F)(F)F)c(N)cc21. The summed E-state index contributed by atoms with van der Waals surface area (Å²) in [5.41, 5.74) is 7.46. The summed E-state index contributed by atoms with van der Waals surface area (Å²) in [4.78, 5) is 4.62. The average Bonchev–Trinajstić information content (AvgIpc) is 2.82. The number of aryl methyl sites for hydroxylation is 1. The van der Waals surface area contributed by atoms with Crippen LogP contribution in [0.25, 0.3) is 11.0 Å². The number of fused-ring (bicyclic) bond motifs is 1. The van der Waals surface area contributed by atoms with Crippen LogP contribution in [-0.4, -0.2) is 33.8 Å². The molecule has 2 heterocycles. The molecule has 126 valence electrons. The minimum absolute atomic E-state index is 0.0266. The van der Waals surface area contributed by atoms with Crippen LogP contribution in [0.3, 0.4) is 0 Å². The van der Waals surface area contributed by atoms with E-state index in [1.54, 1.807) is 6.07 Å². The zero-order chi connectivity index (χ0) is 16.6. The maximum Gasteiger partial charge on any atom is 0.422 e. The number of thioether (sulfide) groups is 1. The van der Waals surface area contributed by atoms with E-state index < -0.39 is 12.8 Å². The highest BCUT2D eigenvalue weighted by atomic mass is 32.2. The van der Waals surface area contributed by atoms with Gasteiger partial charge in [0, 0.05) is 19.0 Å². The van der Waals surface area contributed by atoms with Crippen molar-refractivity contribution in [2.75, 3.05) is 23.8 Å². The number of imidazole rings is 1. The van der Waals surface area contributed by atoms with E-state index in [1.165, 1.54) is 6.07 Å². The summed E-state index contributed by atoms with van der Waals surface area (Å²) in [6.45, 7) is -1.36. The Morgan fingerprint density at radius 1 is 1.35 bits per heavy atom. The third-order valence-electron chi connectivity index (χ3n) is 4.02. The van der Waals surface area contributed by atoms with Crippen molar-refractivity contribution < 1.29 is 17.9 Å². The maximum atomic E-state index is 12.3. The number of rotatable bonds is 3. The zero-order valence-corrected chi connectivity index (χ0v) is 13.5. The van der Waals surface area contributed by atoms with Crippen molar-refractivity contribution in [3.8, 4) is 5.75 Å². The van der Waals surface area contributed by atoms with Crippen LogP contribution in [0.1, 0.15) is 24.6 Å². The van der Waals surface area contributed by atoms with Gasteiger partial charge in [-0.1, -0.05) is 0 Å². The van der Waals surface area contributed by atoms with Gasteiger partial charge < -0.3 is 15.0 Å². The van der Waals surface area contributed by atoms with E-state index >= 15 is 0 Å². The molecular formula is C15H18F3N3OS. The Bertz CT molecular complexity index is 708. The van der Waals surface area contributed by atoms with Crippen LogP contribution < -0.4 is 10.5 Å². The van der Waals surface area contributed by atoms with Gasteiger partial charge in [0.15, 0.2) is 6.61 Å². The molecule has 0 spiro atoms. The summed E-state index contributed by atoms with van der Waals surface area (Å²) >= 11 is 1.94. The second kappa shape index (κ2) is 6.14. The number of hydrogen-bond donors (Lipinski definition) is 1. The Hall–Kier alpha value is -1.57. The van der Waals surface area contributed by atoms with E-state index in [9.17, 15) is 13.2 Å². The van der Waals surface area contributed by atoms with Crippen LogP contribution in [0.5, 0.6) is 5.75 Å². The quantitative estimate of drug-likeness (QED) is 0.862. The Morgan fingerprint density at radius 3 is 2.70 bits per heavy atom. The van der Waals surface area contributed by atoms with Gasteiger partial charge in [0.1, 0.15) is 11.6 Å². The van der Waals surface area contributed by atoms with Crippen LogP contribution in [0, 0.1) is 0 Å². The van der Waals surface area contributed by atoms with Crippen molar-refractivity contribution >= 4 is 28.5 Å². The molecule has 2 aromatic rings. The highest BCUT2D eigenvalue weighted by molar-refractivity contribution is 7.99. The lowest BCUT2D eigenvalue weighted by Gasteiger charge is -2.20. The van der Waals surface area contributed by atoms with Crippen molar-refractivity contribution in [3.63, 3.8) is 0 Å². The summed E-state index contributed by atoms with van der Waals surface area (Å²) in [5, 5.41) is 0. The fraction of sp³-hybridized carbons (Fsp3) is 0.533. The molecule has 3 rings (SSSR count). The number of benzene rings is 1. The number of halogens is 3. The number of alkyl halides is 3. The van der Waals surface area contributed by atoms with Crippen molar-refractivity contribution in [2.24, 2.45) is 7.05 Å². The number of nitrogens with two attached hydrogens (primary N) is 1. The van der Waals surface area contributed by atoms with E-state index in [-0.39, 0.29) is 11.4 Å². The van der Waals surface area contributed by atoms with Gasteiger partial charge in [-0.15, -0.1) is 0 Å². The summed E-state index contributed by atoms with van der Waals surface area (Å²) in [7, 11) is 1.92. The van der Waals surface area contributed by atoms with E-state index in [2.05, 4.69) is 4.98 Å². The monoisotopic (exact) mass is 345 g/mol. The fourth-order valence-corrected chi connectivity index (χ4v) is 3.97. The predicted octanol–water partition coefficient (Wildman–Crippen LogP) is 3.71. The summed E-state index contributed by atoms with van der Waals surface area (Å²) in [6.07, 6.45) is -2.26. The molecule has 8 heteroatoms. The van der Waals surface area contributed by atoms with Crippen LogP contribution in [0.2, 0.25) is 0 Å². The molecule has 0 aliphatic carbocycles. The van der Waals surface area contributed by atoms with E-state index in [4.69, 9.17) is 10.5 Å². The topological polar surface area (TPSA) is 53.1 Å². The highest BCUT2D eigenvalue weighted by Gasteiger charge is 2.29. The van der Waals surface area contributed by atoms with Crippen molar-refractivity contribution in [1.82, 2.24) is 9.55 Å². The third-order valence-corrected chi connectivity index (χ3v) is 5.07. The van der Waals surface area contributed by atoms with E-state index in [0.717, 1.165) is 35.7 Å². The lowest BCUT2D eigenvalue weighted by molar-refractivity contribution is -0.153. The van der Waals surface area contributed by atoms with E-state index in [1.807, 2.05) is 23.4 Å². The Morgan fingerprint density at radius 2 is 2.04 bits per heavy atom. The second-order valence-electron chi connectivity index (χ2n) is 5.70. The van der Waals surface area contributed by atoms with Gasteiger partial charge >= 0.3 is 6.18 Å². The summed E-state index contributed by atoms with van der Waals surface area (Å²) in [5.74, 6) is 3.59. The molecule has 1 aliphatic rings. The molecule has 0 amide bonds. The first-order valence-electron chi connectivity index (χ1n) is 7.38. The molecule has 1 aromatic carbocycles. The number of aromatic nitrogens is 2. The van der Waals surface area contributed by atoms with Crippen LogP contribution in [-0.2, 0) is 7.05 Å². The highest BCUT2D eigenvalue weighted by Crippen LogP contribution is 2.35. The smallest absolute Gasteiger partial charge is 0.422 e. The van der Waals surface area contributed by atoms with Gasteiger partial charge in [-0.3, -0.25) is 0 Å². The molecule has 0 bridgehead atoms. The minimum Gasteiger partial charge on any atom is -0.482 e. The normalized spacial score (nSPS) is 16.9. The standard InChI is InChI=1S/C15H18F3N3OS/c1-21-12-6-10(19)13(22-8-15(16,17)18)7-11(12)20-14(21)9-2-4-23-5-3-9/h6-7,9H,2-5,8,19H2,1H3.